The number of hydrogen-bond donors (Lipinski definition) is 1. The van der Waals surface area contributed by atoms with Crippen LogP contribution in [0.5, 0.6) is 0 Å². The SMILES string of the molecule is Cc1ccccc1NC(=O)Cc1nc(CSc2nnnn2C)cs1. The number of amides is 1. The molecule has 1 amide bonds. The number of tetrazole rings is 1. The van der Waals surface area contributed by atoms with Gasteiger partial charge >= 0.3 is 0 Å². The van der Waals surface area contributed by atoms with Gasteiger partial charge < -0.3 is 5.32 Å². The molecule has 3 aromatic rings. The first-order chi connectivity index (χ1) is 11.6. The number of benzene rings is 1. The van der Waals surface area contributed by atoms with Gasteiger partial charge in [-0.1, -0.05) is 30.0 Å². The average molecular weight is 360 g/mol. The zero-order valence-corrected chi connectivity index (χ0v) is 14.9. The van der Waals surface area contributed by atoms with Crippen LogP contribution < -0.4 is 5.32 Å². The highest BCUT2D eigenvalue weighted by Gasteiger charge is 2.11. The summed E-state index contributed by atoms with van der Waals surface area (Å²) in [7, 11) is 1.80. The van der Waals surface area contributed by atoms with Crippen LogP contribution in [0.4, 0.5) is 5.69 Å². The highest BCUT2D eigenvalue weighted by molar-refractivity contribution is 7.98. The van der Waals surface area contributed by atoms with Gasteiger partial charge in [0.05, 0.1) is 12.1 Å². The van der Waals surface area contributed by atoms with Crippen LogP contribution in [0.1, 0.15) is 16.3 Å². The Labute approximate surface area is 147 Å². The van der Waals surface area contributed by atoms with Crippen LogP contribution in [0.3, 0.4) is 0 Å². The smallest absolute Gasteiger partial charge is 0.231 e. The number of thioether (sulfide) groups is 1. The number of thiazole rings is 1. The van der Waals surface area contributed by atoms with Gasteiger partial charge in [0.1, 0.15) is 5.01 Å². The molecule has 0 aliphatic heterocycles. The third kappa shape index (κ3) is 4.18. The number of rotatable bonds is 6. The summed E-state index contributed by atoms with van der Waals surface area (Å²) in [5.74, 6) is 0.611. The van der Waals surface area contributed by atoms with Crippen molar-refractivity contribution in [2.45, 2.75) is 24.3 Å². The van der Waals surface area contributed by atoms with Crippen LogP contribution in [0.2, 0.25) is 0 Å². The van der Waals surface area contributed by atoms with E-state index in [2.05, 4.69) is 25.8 Å². The first-order valence-electron chi connectivity index (χ1n) is 7.26. The van der Waals surface area contributed by atoms with Gasteiger partial charge in [0.15, 0.2) is 0 Å². The summed E-state index contributed by atoms with van der Waals surface area (Å²) in [6.07, 6.45) is 0.273. The maximum Gasteiger partial charge on any atom is 0.231 e. The Morgan fingerprint density at radius 2 is 2.21 bits per heavy atom. The lowest BCUT2D eigenvalue weighted by atomic mass is 10.2. The average Bonchev–Trinajstić information content (AvgIpc) is 3.16. The Morgan fingerprint density at radius 3 is 2.96 bits per heavy atom. The number of carbonyl (C=O) groups excluding carboxylic acids is 1. The van der Waals surface area contributed by atoms with Crippen LogP contribution in [0.15, 0.2) is 34.8 Å². The maximum atomic E-state index is 12.2. The number of nitrogens with one attached hydrogen (secondary N) is 1. The van der Waals surface area contributed by atoms with Crippen molar-refractivity contribution in [3.63, 3.8) is 0 Å². The van der Waals surface area contributed by atoms with Crippen molar-refractivity contribution in [2.24, 2.45) is 7.05 Å². The van der Waals surface area contributed by atoms with Crippen molar-refractivity contribution in [3.8, 4) is 0 Å². The summed E-state index contributed by atoms with van der Waals surface area (Å²) in [6.45, 7) is 1.97. The van der Waals surface area contributed by atoms with Crippen LogP contribution in [0, 0.1) is 6.92 Å². The van der Waals surface area contributed by atoms with E-state index in [4.69, 9.17) is 0 Å². The number of nitrogens with zero attached hydrogens (tertiary/aromatic N) is 5. The van der Waals surface area contributed by atoms with Gasteiger partial charge in [0.25, 0.3) is 0 Å². The van der Waals surface area contributed by atoms with E-state index in [1.54, 1.807) is 11.7 Å². The first kappa shape index (κ1) is 16.6. The summed E-state index contributed by atoms with van der Waals surface area (Å²) >= 11 is 3.00. The van der Waals surface area contributed by atoms with E-state index in [0.29, 0.717) is 5.75 Å². The highest BCUT2D eigenvalue weighted by Crippen LogP contribution is 2.21. The van der Waals surface area contributed by atoms with Gasteiger partial charge in [-0.3, -0.25) is 4.79 Å². The highest BCUT2D eigenvalue weighted by atomic mass is 32.2. The predicted octanol–water partition coefficient (Wildman–Crippen LogP) is 2.45. The van der Waals surface area contributed by atoms with Crippen LogP contribution >= 0.6 is 23.1 Å². The number of carbonyl (C=O) groups is 1. The number of para-hydroxylation sites is 1. The van der Waals surface area contributed by atoms with Crippen LogP contribution in [-0.2, 0) is 24.0 Å². The van der Waals surface area contributed by atoms with Crippen molar-refractivity contribution in [1.82, 2.24) is 25.2 Å². The normalized spacial score (nSPS) is 10.8. The second-order valence-electron chi connectivity index (χ2n) is 5.15. The second kappa shape index (κ2) is 7.54. The molecule has 3 rings (SSSR count). The van der Waals surface area contributed by atoms with E-state index in [1.165, 1.54) is 23.1 Å². The quantitative estimate of drug-likeness (QED) is 0.680. The molecule has 0 aliphatic carbocycles. The minimum atomic E-state index is -0.0599. The molecule has 0 fully saturated rings. The second-order valence-corrected chi connectivity index (χ2v) is 7.03. The molecular formula is C15H16N6OS2. The van der Waals surface area contributed by atoms with Crippen LogP contribution in [-0.4, -0.2) is 31.1 Å². The number of aryl methyl sites for hydroxylation is 2. The Bertz CT molecular complexity index is 844. The van der Waals surface area contributed by atoms with Crippen molar-refractivity contribution >= 4 is 34.7 Å². The molecule has 0 spiro atoms. The van der Waals surface area contributed by atoms with Gasteiger partial charge in [-0.25, -0.2) is 9.67 Å². The van der Waals surface area contributed by atoms with Gasteiger partial charge in [-0.05, 0) is 29.0 Å². The van der Waals surface area contributed by atoms with Crippen molar-refractivity contribution in [1.29, 1.82) is 0 Å². The lowest BCUT2D eigenvalue weighted by Gasteiger charge is -2.06. The fourth-order valence-corrected chi connectivity index (χ4v) is 3.66. The van der Waals surface area contributed by atoms with E-state index in [9.17, 15) is 4.79 Å². The Kier molecular flexibility index (Phi) is 5.21. The van der Waals surface area contributed by atoms with E-state index in [-0.39, 0.29) is 12.3 Å². The van der Waals surface area contributed by atoms with E-state index in [1.807, 2.05) is 36.6 Å². The molecule has 2 heterocycles. The monoisotopic (exact) mass is 360 g/mol. The minimum absolute atomic E-state index is 0.0599. The summed E-state index contributed by atoms with van der Waals surface area (Å²) in [5, 5.41) is 17.7. The lowest BCUT2D eigenvalue weighted by molar-refractivity contribution is -0.115. The molecule has 0 radical (unpaired) electrons. The molecule has 2 aromatic heterocycles. The molecule has 0 saturated heterocycles. The summed E-state index contributed by atoms with van der Waals surface area (Å²) in [5.41, 5.74) is 2.80. The number of aromatic nitrogens is 5. The zero-order chi connectivity index (χ0) is 16.9. The third-order valence-corrected chi connectivity index (χ3v) is 5.20. The molecule has 1 N–H and O–H groups in total. The van der Waals surface area contributed by atoms with Gasteiger partial charge in [-0.2, -0.15) is 0 Å². The summed E-state index contributed by atoms with van der Waals surface area (Å²) < 4.78 is 1.62. The lowest BCUT2D eigenvalue weighted by Crippen LogP contribution is -2.15. The van der Waals surface area contributed by atoms with Crippen molar-refractivity contribution in [3.05, 3.63) is 45.9 Å². The Balaban J connectivity index is 1.55. The Hall–Kier alpha value is -2.26. The van der Waals surface area contributed by atoms with Gasteiger partial charge in [-0.15, -0.1) is 16.4 Å². The van der Waals surface area contributed by atoms with Gasteiger partial charge in [0, 0.05) is 23.9 Å². The molecule has 1 aromatic carbocycles. The van der Waals surface area contributed by atoms with Gasteiger partial charge in [0.2, 0.25) is 11.1 Å². The van der Waals surface area contributed by atoms with Crippen molar-refractivity contribution in [2.75, 3.05) is 5.32 Å². The number of anilines is 1. The molecule has 0 atom stereocenters. The third-order valence-electron chi connectivity index (χ3n) is 3.26. The standard InChI is InChI=1S/C15H16N6OS2/c1-10-5-3-4-6-12(10)17-13(22)7-14-16-11(8-23-14)9-24-15-18-19-20-21(15)2/h3-6,8H,7,9H2,1-2H3,(H,17,22). The predicted molar refractivity (Wildman–Crippen MR) is 94.0 cm³/mol. The molecule has 7 nitrogen and oxygen atoms in total. The summed E-state index contributed by atoms with van der Waals surface area (Å²) in [4.78, 5) is 16.7. The first-order valence-corrected chi connectivity index (χ1v) is 9.12. The molecule has 0 saturated carbocycles. The fraction of sp³-hybridized carbons (Fsp3) is 0.267. The Morgan fingerprint density at radius 1 is 1.38 bits per heavy atom. The minimum Gasteiger partial charge on any atom is -0.325 e. The fourth-order valence-electron chi connectivity index (χ4n) is 2.02. The topological polar surface area (TPSA) is 85.6 Å². The van der Waals surface area contributed by atoms with Crippen LogP contribution in [0.25, 0.3) is 0 Å². The maximum absolute atomic E-state index is 12.2. The molecular weight excluding hydrogens is 344 g/mol. The van der Waals surface area contributed by atoms with Crippen molar-refractivity contribution < 1.29 is 4.79 Å². The molecule has 0 aliphatic rings. The largest absolute Gasteiger partial charge is 0.325 e. The molecule has 124 valence electrons. The molecule has 24 heavy (non-hydrogen) atoms. The van der Waals surface area contributed by atoms with E-state index >= 15 is 0 Å². The molecule has 9 heteroatoms. The molecule has 0 unspecified atom stereocenters. The summed E-state index contributed by atoms with van der Waals surface area (Å²) in [6, 6.07) is 7.72. The zero-order valence-electron chi connectivity index (χ0n) is 13.3. The number of hydrogen-bond acceptors (Lipinski definition) is 7. The van der Waals surface area contributed by atoms with E-state index < -0.39 is 0 Å². The molecule has 0 bridgehead atoms. The van der Waals surface area contributed by atoms with E-state index in [0.717, 1.165) is 27.1 Å².